The highest BCUT2D eigenvalue weighted by atomic mass is 35.5. The number of halogens is 1. The molecule has 0 radical (unpaired) electrons. The predicted octanol–water partition coefficient (Wildman–Crippen LogP) is 3.94. The minimum Gasteiger partial charge on any atom is -0.490 e. The number of nitrogens with zero attached hydrogens (tertiary/aromatic N) is 3. The van der Waals surface area contributed by atoms with Crippen LogP contribution < -0.4 is 15.0 Å². The molecule has 174 valence electrons. The van der Waals surface area contributed by atoms with Crippen LogP contribution in [0.25, 0.3) is 0 Å². The predicted molar refractivity (Wildman–Crippen MR) is 127 cm³/mol. The number of ether oxygens (including phenoxy) is 1. The average Bonchev–Trinajstić information content (AvgIpc) is 2.85. The summed E-state index contributed by atoms with van der Waals surface area (Å²) < 4.78 is 6.02. The molecule has 1 aliphatic heterocycles. The number of pyridine rings is 1. The molecule has 2 heterocycles. The lowest BCUT2D eigenvalue weighted by atomic mass is 9.92. The minimum atomic E-state index is -0.101. The van der Waals surface area contributed by atoms with Crippen molar-refractivity contribution in [2.75, 3.05) is 24.6 Å². The van der Waals surface area contributed by atoms with Crippen LogP contribution in [0.5, 0.6) is 5.75 Å². The number of carbonyl (C=O) groups is 1. The van der Waals surface area contributed by atoms with E-state index in [1.165, 1.54) is 0 Å². The van der Waals surface area contributed by atoms with Crippen LogP contribution in [-0.2, 0) is 0 Å². The first-order valence-electron chi connectivity index (χ1n) is 11.5. The molecule has 33 heavy (non-hydrogen) atoms. The van der Waals surface area contributed by atoms with E-state index in [1.807, 2.05) is 18.2 Å². The van der Waals surface area contributed by atoms with Crippen LogP contribution in [0.3, 0.4) is 0 Å². The molecule has 1 saturated carbocycles. The Bertz CT molecular complexity index is 992. The van der Waals surface area contributed by atoms with Crippen molar-refractivity contribution in [2.45, 2.75) is 50.7 Å². The number of hydrogen-bond donors (Lipinski definition) is 2. The van der Waals surface area contributed by atoms with E-state index in [4.69, 9.17) is 21.6 Å². The van der Waals surface area contributed by atoms with E-state index in [-0.39, 0.29) is 24.7 Å². The summed E-state index contributed by atoms with van der Waals surface area (Å²) in [5, 5.41) is 21.8. The second-order valence-electron chi connectivity index (χ2n) is 8.84. The Morgan fingerprint density at radius 3 is 2.55 bits per heavy atom. The van der Waals surface area contributed by atoms with E-state index in [2.05, 4.69) is 15.2 Å². The number of aliphatic hydroxyl groups is 1. The number of anilines is 1. The highest BCUT2D eigenvalue weighted by Gasteiger charge is 2.25. The van der Waals surface area contributed by atoms with E-state index in [1.54, 1.807) is 24.4 Å². The number of nitriles is 1. The summed E-state index contributed by atoms with van der Waals surface area (Å²) in [6.07, 6.45) is 6.99. The molecule has 2 aromatic rings. The van der Waals surface area contributed by atoms with Gasteiger partial charge in [-0.25, -0.2) is 4.98 Å². The van der Waals surface area contributed by atoms with Gasteiger partial charge in [-0.15, -0.1) is 0 Å². The first kappa shape index (κ1) is 23.3. The van der Waals surface area contributed by atoms with Crippen LogP contribution in [0.1, 0.15) is 54.4 Å². The number of amides is 1. The van der Waals surface area contributed by atoms with Crippen molar-refractivity contribution in [3.05, 3.63) is 52.7 Å². The molecule has 2 N–H and O–H groups in total. The van der Waals surface area contributed by atoms with Crippen molar-refractivity contribution in [1.82, 2.24) is 10.3 Å². The lowest BCUT2D eigenvalue weighted by molar-refractivity contribution is 0.0893. The molecule has 0 bridgehead atoms. The smallest absolute Gasteiger partial charge is 0.253 e. The van der Waals surface area contributed by atoms with Gasteiger partial charge in [0.2, 0.25) is 0 Å². The molecular formula is C25H29ClN4O3. The summed E-state index contributed by atoms with van der Waals surface area (Å²) in [5.74, 6) is 1.83. The van der Waals surface area contributed by atoms with Gasteiger partial charge in [0.1, 0.15) is 17.6 Å². The molecule has 0 spiro atoms. The molecule has 2 aliphatic rings. The van der Waals surface area contributed by atoms with Crippen molar-refractivity contribution in [3.63, 3.8) is 0 Å². The summed E-state index contributed by atoms with van der Waals surface area (Å²) in [7, 11) is 0. The lowest BCUT2D eigenvalue weighted by Gasteiger charge is -2.32. The van der Waals surface area contributed by atoms with E-state index < -0.39 is 0 Å². The maximum atomic E-state index is 12.7. The second-order valence-corrected chi connectivity index (χ2v) is 9.24. The monoisotopic (exact) mass is 468 g/mol. The SMILES string of the molecule is N#Cc1ccc(O[C@H]2CC[C@@H](NC(=O)c3ccc(N4CCC(CO)CC4)nc3)CC2)cc1Cl. The fourth-order valence-electron chi connectivity index (χ4n) is 4.50. The Hall–Kier alpha value is -2.82. The van der Waals surface area contributed by atoms with E-state index in [0.29, 0.717) is 27.8 Å². The topological polar surface area (TPSA) is 98.5 Å². The van der Waals surface area contributed by atoms with E-state index in [0.717, 1.165) is 57.4 Å². The summed E-state index contributed by atoms with van der Waals surface area (Å²) in [5.41, 5.74) is 0.999. The van der Waals surface area contributed by atoms with Crippen molar-refractivity contribution in [2.24, 2.45) is 5.92 Å². The number of carbonyl (C=O) groups excluding carboxylic acids is 1. The Morgan fingerprint density at radius 2 is 1.94 bits per heavy atom. The van der Waals surface area contributed by atoms with Crippen LogP contribution in [-0.4, -0.2) is 47.8 Å². The standard InChI is InChI=1S/C25H29ClN4O3/c26-23-13-22(5-1-18(23)14-27)33-21-6-3-20(4-7-21)29-25(32)19-2-8-24(28-15-19)30-11-9-17(16-31)10-12-30/h1-2,5,8,13,15,17,20-21,31H,3-4,6-7,9-12,16H2,(H,29,32)/t20-,21+. The maximum absolute atomic E-state index is 12.7. The Morgan fingerprint density at radius 1 is 1.18 bits per heavy atom. The number of aliphatic hydroxyl groups excluding tert-OH is 1. The third kappa shape index (κ3) is 5.95. The van der Waals surface area contributed by atoms with Gasteiger partial charge in [0, 0.05) is 38.0 Å². The fourth-order valence-corrected chi connectivity index (χ4v) is 4.71. The summed E-state index contributed by atoms with van der Waals surface area (Å²) in [4.78, 5) is 19.4. The number of piperidine rings is 1. The molecule has 0 unspecified atom stereocenters. The summed E-state index contributed by atoms with van der Waals surface area (Å²) in [6.45, 7) is 2.01. The van der Waals surface area contributed by atoms with Gasteiger partial charge < -0.3 is 20.1 Å². The normalized spacial score (nSPS) is 21.3. The number of nitrogens with one attached hydrogen (secondary N) is 1. The second kappa shape index (κ2) is 10.9. The molecule has 1 amide bonds. The Kier molecular flexibility index (Phi) is 7.69. The van der Waals surface area contributed by atoms with Crippen molar-refractivity contribution in [1.29, 1.82) is 5.26 Å². The highest BCUT2D eigenvalue weighted by molar-refractivity contribution is 6.31. The number of rotatable bonds is 6. The zero-order valence-corrected chi connectivity index (χ0v) is 19.3. The molecule has 0 atom stereocenters. The third-order valence-electron chi connectivity index (χ3n) is 6.58. The quantitative estimate of drug-likeness (QED) is 0.666. The van der Waals surface area contributed by atoms with E-state index in [9.17, 15) is 9.90 Å². The summed E-state index contributed by atoms with van der Waals surface area (Å²) in [6, 6.07) is 11.0. The first-order valence-corrected chi connectivity index (χ1v) is 11.9. The molecular weight excluding hydrogens is 440 g/mol. The molecule has 7 nitrogen and oxygen atoms in total. The molecule has 1 aromatic carbocycles. The third-order valence-corrected chi connectivity index (χ3v) is 6.89. The van der Waals surface area contributed by atoms with Crippen molar-refractivity contribution < 1.29 is 14.6 Å². The Balaban J connectivity index is 1.24. The van der Waals surface area contributed by atoms with Gasteiger partial charge in [0.05, 0.1) is 22.3 Å². The number of aromatic nitrogens is 1. The molecule has 1 aliphatic carbocycles. The van der Waals surface area contributed by atoms with Crippen LogP contribution >= 0.6 is 11.6 Å². The summed E-state index contributed by atoms with van der Waals surface area (Å²) >= 11 is 6.08. The largest absolute Gasteiger partial charge is 0.490 e. The van der Waals surface area contributed by atoms with Crippen LogP contribution in [0, 0.1) is 17.2 Å². The number of hydrogen-bond acceptors (Lipinski definition) is 6. The zero-order valence-electron chi connectivity index (χ0n) is 18.5. The lowest BCUT2D eigenvalue weighted by Crippen LogP contribution is -2.39. The maximum Gasteiger partial charge on any atom is 0.253 e. The van der Waals surface area contributed by atoms with Crippen LogP contribution in [0.4, 0.5) is 5.82 Å². The highest BCUT2D eigenvalue weighted by Crippen LogP contribution is 2.27. The van der Waals surface area contributed by atoms with Crippen LogP contribution in [0.15, 0.2) is 36.5 Å². The minimum absolute atomic E-state index is 0.0677. The van der Waals surface area contributed by atoms with Gasteiger partial charge in [-0.05, 0) is 68.7 Å². The molecule has 1 saturated heterocycles. The fraction of sp³-hybridized carbons (Fsp3) is 0.480. The zero-order chi connectivity index (χ0) is 23.2. The molecule has 2 fully saturated rings. The number of benzene rings is 1. The van der Waals surface area contributed by atoms with Gasteiger partial charge in [-0.3, -0.25) is 4.79 Å². The average molecular weight is 469 g/mol. The first-order chi connectivity index (χ1) is 16.1. The van der Waals surface area contributed by atoms with Crippen molar-refractivity contribution in [3.8, 4) is 11.8 Å². The van der Waals surface area contributed by atoms with Gasteiger partial charge >= 0.3 is 0 Å². The van der Waals surface area contributed by atoms with Gasteiger partial charge in [0.15, 0.2) is 0 Å². The molecule has 1 aromatic heterocycles. The van der Waals surface area contributed by atoms with Crippen molar-refractivity contribution >= 4 is 23.3 Å². The van der Waals surface area contributed by atoms with Gasteiger partial charge in [-0.1, -0.05) is 11.6 Å². The van der Waals surface area contributed by atoms with Crippen LogP contribution in [0.2, 0.25) is 5.02 Å². The molecule has 8 heteroatoms. The Labute approximate surface area is 199 Å². The van der Waals surface area contributed by atoms with Gasteiger partial charge in [0.25, 0.3) is 5.91 Å². The van der Waals surface area contributed by atoms with E-state index >= 15 is 0 Å². The molecule has 4 rings (SSSR count). The van der Waals surface area contributed by atoms with Gasteiger partial charge in [-0.2, -0.15) is 5.26 Å².